The first-order chi connectivity index (χ1) is 12.4. The number of hydrogen-bond acceptors (Lipinski definition) is 4. The lowest BCUT2D eigenvalue weighted by molar-refractivity contribution is 0.598. The molecular formula is C19H14ClN3O2S. The van der Waals surface area contributed by atoms with E-state index in [4.69, 9.17) is 16.7 Å². The summed E-state index contributed by atoms with van der Waals surface area (Å²) in [6.07, 6.45) is 0. The minimum atomic E-state index is -3.72. The Morgan fingerprint density at radius 2 is 1.58 bits per heavy atom. The zero-order chi connectivity index (χ0) is 18.3. The Labute approximate surface area is 155 Å². The predicted molar refractivity (Wildman–Crippen MR) is 105 cm³/mol. The van der Waals surface area contributed by atoms with Crippen LogP contribution in [-0.2, 0) is 10.0 Å². The van der Waals surface area contributed by atoms with Gasteiger partial charge in [0.15, 0.2) is 0 Å². The number of sulfonamides is 1. The third kappa shape index (κ3) is 3.10. The number of para-hydroxylation sites is 1. The third-order valence-corrected chi connectivity index (χ3v) is 5.26. The summed E-state index contributed by atoms with van der Waals surface area (Å²) in [6, 6.07) is 19.6. The monoisotopic (exact) mass is 383 g/mol. The van der Waals surface area contributed by atoms with Gasteiger partial charge in [-0.3, -0.25) is 0 Å². The van der Waals surface area contributed by atoms with Crippen molar-refractivity contribution in [2.45, 2.75) is 4.90 Å². The van der Waals surface area contributed by atoms with Crippen LogP contribution >= 0.6 is 11.6 Å². The van der Waals surface area contributed by atoms with E-state index in [1.54, 1.807) is 12.1 Å². The summed E-state index contributed by atoms with van der Waals surface area (Å²) in [5, 5.41) is 11.0. The summed E-state index contributed by atoms with van der Waals surface area (Å²) in [6.45, 7) is 0. The van der Waals surface area contributed by atoms with Crippen molar-refractivity contribution >= 4 is 54.8 Å². The molecule has 5 nitrogen and oxygen atoms in total. The molecule has 0 bridgehead atoms. The van der Waals surface area contributed by atoms with Gasteiger partial charge in [-0.1, -0.05) is 29.8 Å². The average molecular weight is 384 g/mol. The van der Waals surface area contributed by atoms with Crippen LogP contribution in [0.2, 0.25) is 5.02 Å². The summed E-state index contributed by atoms with van der Waals surface area (Å²) in [5.41, 5.74) is 3.24. The molecule has 0 aliphatic rings. The lowest BCUT2D eigenvalue weighted by atomic mass is 10.1. The summed E-state index contributed by atoms with van der Waals surface area (Å²) < 4.78 is 22.8. The van der Waals surface area contributed by atoms with Crippen LogP contribution in [-0.4, -0.2) is 13.4 Å². The lowest BCUT2D eigenvalue weighted by Gasteiger charge is -2.14. The number of nitrogens with one attached hydrogen (secondary N) is 1. The highest BCUT2D eigenvalue weighted by Gasteiger charge is 2.11. The number of fused-ring (bicyclic) bond motifs is 2. The maximum absolute atomic E-state index is 11.4. The van der Waals surface area contributed by atoms with Gasteiger partial charge in [-0.05, 0) is 48.5 Å². The zero-order valence-electron chi connectivity index (χ0n) is 13.5. The Morgan fingerprint density at radius 3 is 2.31 bits per heavy atom. The number of hydrogen-bond donors (Lipinski definition) is 2. The van der Waals surface area contributed by atoms with Crippen molar-refractivity contribution in [2.24, 2.45) is 5.14 Å². The van der Waals surface area contributed by atoms with Crippen molar-refractivity contribution in [3.8, 4) is 0 Å². The molecule has 0 radical (unpaired) electrons. The number of aromatic nitrogens is 1. The molecular weight excluding hydrogens is 370 g/mol. The number of nitrogens with zero attached hydrogens (tertiary/aromatic N) is 1. The number of primary sulfonamides is 1. The number of pyridine rings is 1. The largest absolute Gasteiger partial charge is 0.354 e. The Morgan fingerprint density at radius 1 is 0.885 bits per heavy atom. The number of rotatable bonds is 3. The minimum Gasteiger partial charge on any atom is -0.354 e. The average Bonchev–Trinajstić information content (AvgIpc) is 2.61. The quantitative estimate of drug-likeness (QED) is 0.512. The van der Waals surface area contributed by atoms with Crippen LogP contribution in [0, 0.1) is 0 Å². The first kappa shape index (κ1) is 16.8. The molecule has 0 atom stereocenters. The van der Waals surface area contributed by atoms with Crippen LogP contribution in [0.25, 0.3) is 21.8 Å². The van der Waals surface area contributed by atoms with Gasteiger partial charge in [-0.15, -0.1) is 0 Å². The van der Waals surface area contributed by atoms with Crippen molar-refractivity contribution in [3.63, 3.8) is 0 Å². The maximum Gasteiger partial charge on any atom is 0.238 e. The van der Waals surface area contributed by atoms with Crippen molar-refractivity contribution < 1.29 is 8.42 Å². The molecule has 26 heavy (non-hydrogen) atoms. The fraction of sp³-hybridized carbons (Fsp3) is 0. The van der Waals surface area contributed by atoms with Crippen LogP contribution in [0.15, 0.2) is 71.6 Å². The van der Waals surface area contributed by atoms with Crippen LogP contribution in [0.5, 0.6) is 0 Å². The SMILES string of the molecule is NS(=O)(=O)c1ccc(Nc2c3ccccc3nc3cc(Cl)ccc23)cc1. The second-order valence-electron chi connectivity index (χ2n) is 5.86. The molecule has 3 aromatic carbocycles. The number of benzene rings is 3. The highest BCUT2D eigenvalue weighted by atomic mass is 35.5. The van der Waals surface area contributed by atoms with E-state index in [9.17, 15) is 8.42 Å². The minimum absolute atomic E-state index is 0.0688. The van der Waals surface area contributed by atoms with Gasteiger partial charge in [0.1, 0.15) is 0 Å². The maximum atomic E-state index is 11.4. The zero-order valence-corrected chi connectivity index (χ0v) is 15.1. The Bertz CT molecular complexity index is 1240. The fourth-order valence-corrected chi connectivity index (χ4v) is 3.55. The highest BCUT2D eigenvalue weighted by molar-refractivity contribution is 7.89. The molecule has 4 rings (SSSR count). The molecule has 0 spiro atoms. The highest BCUT2D eigenvalue weighted by Crippen LogP contribution is 2.34. The Kier molecular flexibility index (Phi) is 4.03. The number of nitrogens with two attached hydrogens (primary N) is 1. The standard InChI is InChI=1S/C19H14ClN3O2S/c20-12-5-10-16-18(11-12)23-17-4-2-1-3-15(17)19(16)22-13-6-8-14(9-7-13)26(21,24)25/h1-11H,(H,22,23)(H2,21,24,25). The second-order valence-corrected chi connectivity index (χ2v) is 7.86. The molecule has 0 fully saturated rings. The molecule has 0 unspecified atom stereocenters. The summed E-state index contributed by atoms with van der Waals surface area (Å²) in [5.74, 6) is 0. The van der Waals surface area contributed by atoms with Gasteiger partial charge >= 0.3 is 0 Å². The molecule has 0 saturated carbocycles. The molecule has 7 heteroatoms. The summed E-state index contributed by atoms with van der Waals surface area (Å²) in [7, 11) is -3.72. The van der Waals surface area contributed by atoms with Crippen molar-refractivity contribution in [1.82, 2.24) is 4.98 Å². The van der Waals surface area contributed by atoms with Gasteiger partial charge in [0.2, 0.25) is 10.0 Å². The summed E-state index contributed by atoms with van der Waals surface area (Å²) >= 11 is 6.11. The van der Waals surface area contributed by atoms with Gasteiger partial charge < -0.3 is 5.32 Å². The van der Waals surface area contributed by atoms with E-state index in [-0.39, 0.29) is 4.90 Å². The van der Waals surface area contributed by atoms with E-state index in [1.807, 2.05) is 42.5 Å². The molecule has 0 amide bonds. The van der Waals surface area contributed by atoms with Gasteiger partial charge in [0.25, 0.3) is 0 Å². The second kappa shape index (κ2) is 6.25. The lowest BCUT2D eigenvalue weighted by Crippen LogP contribution is -2.11. The molecule has 1 heterocycles. The Hall–Kier alpha value is -2.67. The first-order valence-electron chi connectivity index (χ1n) is 7.80. The smallest absolute Gasteiger partial charge is 0.238 e. The van der Waals surface area contributed by atoms with Crippen molar-refractivity contribution in [3.05, 3.63) is 71.8 Å². The molecule has 1 aromatic heterocycles. The van der Waals surface area contributed by atoms with Crippen LogP contribution in [0.4, 0.5) is 11.4 Å². The van der Waals surface area contributed by atoms with Gasteiger partial charge in [0.05, 0.1) is 21.6 Å². The van der Waals surface area contributed by atoms with Crippen molar-refractivity contribution in [1.29, 1.82) is 0 Å². The molecule has 0 aliphatic carbocycles. The molecule has 4 aromatic rings. The topological polar surface area (TPSA) is 85.1 Å². The molecule has 0 aliphatic heterocycles. The van der Waals surface area contributed by atoms with Crippen molar-refractivity contribution in [2.75, 3.05) is 5.32 Å². The van der Waals surface area contributed by atoms with E-state index in [0.717, 1.165) is 33.2 Å². The first-order valence-corrected chi connectivity index (χ1v) is 9.72. The summed E-state index contributed by atoms with van der Waals surface area (Å²) in [4.78, 5) is 4.74. The van der Waals surface area contributed by atoms with E-state index < -0.39 is 10.0 Å². The van der Waals surface area contributed by atoms with E-state index >= 15 is 0 Å². The molecule has 0 saturated heterocycles. The third-order valence-electron chi connectivity index (χ3n) is 4.10. The van der Waals surface area contributed by atoms with Crippen LogP contribution < -0.4 is 10.5 Å². The normalized spacial score (nSPS) is 11.8. The van der Waals surface area contributed by atoms with E-state index in [0.29, 0.717) is 5.02 Å². The van der Waals surface area contributed by atoms with Gasteiger partial charge in [0, 0.05) is 21.5 Å². The molecule has 130 valence electrons. The molecule has 3 N–H and O–H groups in total. The van der Waals surface area contributed by atoms with Gasteiger partial charge in [-0.25, -0.2) is 18.5 Å². The number of halogens is 1. The van der Waals surface area contributed by atoms with Crippen LogP contribution in [0.3, 0.4) is 0 Å². The van der Waals surface area contributed by atoms with E-state index in [2.05, 4.69) is 10.3 Å². The number of anilines is 2. The van der Waals surface area contributed by atoms with Gasteiger partial charge in [-0.2, -0.15) is 0 Å². The van der Waals surface area contributed by atoms with E-state index in [1.165, 1.54) is 12.1 Å². The van der Waals surface area contributed by atoms with Crippen LogP contribution in [0.1, 0.15) is 0 Å². The Balaban J connectivity index is 1.89. The predicted octanol–water partition coefficient (Wildman–Crippen LogP) is 4.43. The fourth-order valence-electron chi connectivity index (χ4n) is 2.87.